The van der Waals surface area contributed by atoms with Gasteiger partial charge in [0, 0.05) is 48.4 Å². The van der Waals surface area contributed by atoms with Crippen LogP contribution in [0.5, 0.6) is 0 Å². The van der Waals surface area contributed by atoms with Crippen molar-refractivity contribution in [2.45, 2.75) is 20.5 Å². The molecule has 0 fully saturated rings. The molecule has 182 valence electrons. The van der Waals surface area contributed by atoms with E-state index in [2.05, 4.69) is 9.98 Å². The molecule has 0 spiro atoms. The number of nitrogens with zero attached hydrogens (tertiary/aromatic N) is 3. The third-order valence-electron chi connectivity index (χ3n) is 5.88. The molecule has 2 heterocycles. The van der Waals surface area contributed by atoms with Gasteiger partial charge in [-0.1, -0.05) is 48.6 Å². The maximum atomic E-state index is 14.3. The van der Waals surface area contributed by atoms with E-state index in [1.807, 2.05) is 68.5 Å². The van der Waals surface area contributed by atoms with Crippen molar-refractivity contribution in [3.8, 4) is 11.3 Å². The van der Waals surface area contributed by atoms with Gasteiger partial charge in [-0.3, -0.25) is 9.79 Å². The molecule has 2 aromatic heterocycles. The molecule has 0 aliphatic rings. The highest BCUT2D eigenvalue weighted by molar-refractivity contribution is 6.19. The number of aliphatic imine (C=N–C) groups is 1. The topological polar surface area (TPSA) is 56.5 Å². The largest absolute Gasteiger partial charge is 0.473 e. The lowest BCUT2D eigenvalue weighted by atomic mass is 10.0. The summed E-state index contributed by atoms with van der Waals surface area (Å²) in [6.07, 6.45) is 7.51. The van der Waals surface area contributed by atoms with Crippen LogP contribution < -0.4 is 5.56 Å². The molecule has 6 heteroatoms. The number of halogens is 1. The Bertz CT molecular complexity index is 1550. The zero-order chi connectivity index (χ0) is 25.7. The molecule has 0 saturated heterocycles. The van der Waals surface area contributed by atoms with Crippen LogP contribution in [0.1, 0.15) is 23.6 Å². The average Bonchev–Trinajstić information content (AvgIpc) is 2.88. The molecule has 4 aromatic rings. The number of fused-ring (bicyclic) bond motifs is 1. The Balaban J connectivity index is 1.56. The summed E-state index contributed by atoms with van der Waals surface area (Å²) in [5.74, 6) is 0.142. The predicted octanol–water partition coefficient (Wildman–Crippen LogP) is 6.25. The lowest BCUT2D eigenvalue weighted by Gasteiger charge is -2.14. The van der Waals surface area contributed by atoms with Gasteiger partial charge in [-0.2, -0.15) is 0 Å². The number of benzene rings is 2. The molecule has 0 saturated carbocycles. The van der Waals surface area contributed by atoms with Crippen molar-refractivity contribution in [1.82, 2.24) is 9.55 Å². The van der Waals surface area contributed by atoms with E-state index in [0.717, 1.165) is 38.9 Å². The van der Waals surface area contributed by atoms with E-state index < -0.39 is 0 Å². The zero-order valence-electron chi connectivity index (χ0n) is 20.8. The number of allylic oxidation sites excluding steroid dienone is 3. The minimum Gasteiger partial charge on any atom is -0.473 e. The van der Waals surface area contributed by atoms with Crippen molar-refractivity contribution >= 4 is 22.4 Å². The first-order valence-corrected chi connectivity index (χ1v) is 11.7. The zero-order valence-corrected chi connectivity index (χ0v) is 20.8. The Labute approximate surface area is 209 Å². The predicted molar refractivity (Wildman–Crippen MR) is 144 cm³/mol. The van der Waals surface area contributed by atoms with Crippen LogP contribution in [0.3, 0.4) is 0 Å². The van der Waals surface area contributed by atoms with Gasteiger partial charge in [0.05, 0.1) is 5.69 Å². The van der Waals surface area contributed by atoms with Crippen LogP contribution in [-0.4, -0.2) is 22.5 Å². The molecule has 0 amide bonds. The minimum absolute atomic E-state index is 0.0843. The standard InChI is InChI=1S/C30H28FN3O2/c1-5-6-9-25(24-15-16-27(35)34(4)18-24)30(32-3)36-19-21-11-13-22(14-12-21)28-20(2)17-23-8-7-10-26(31)29(23)33-28/h5-18H,19H2,1-4H3/b6-5-,25-9-,32-30+. The number of hydrogen-bond donors (Lipinski definition) is 0. The molecule has 0 bridgehead atoms. The summed E-state index contributed by atoms with van der Waals surface area (Å²) in [6.45, 7) is 4.22. The van der Waals surface area contributed by atoms with Gasteiger partial charge in [-0.15, -0.1) is 0 Å². The summed E-state index contributed by atoms with van der Waals surface area (Å²) in [7, 11) is 3.39. The first-order valence-electron chi connectivity index (χ1n) is 11.7. The second-order valence-corrected chi connectivity index (χ2v) is 8.45. The van der Waals surface area contributed by atoms with Crippen molar-refractivity contribution in [2.75, 3.05) is 7.05 Å². The first-order chi connectivity index (χ1) is 17.4. The molecule has 0 N–H and O–H groups in total. The Kier molecular flexibility index (Phi) is 7.54. The van der Waals surface area contributed by atoms with Gasteiger partial charge in [0.1, 0.15) is 17.9 Å². The van der Waals surface area contributed by atoms with Crippen molar-refractivity contribution in [3.63, 3.8) is 0 Å². The van der Waals surface area contributed by atoms with Crippen molar-refractivity contribution in [1.29, 1.82) is 0 Å². The van der Waals surface area contributed by atoms with Crippen molar-refractivity contribution in [2.24, 2.45) is 12.0 Å². The van der Waals surface area contributed by atoms with Crippen molar-refractivity contribution < 1.29 is 9.13 Å². The molecule has 36 heavy (non-hydrogen) atoms. The first kappa shape index (κ1) is 24.8. The Morgan fingerprint density at radius 1 is 1.14 bits per heavy atom. The van der Waals surface area contributed by atoms with Gasteiger partial charge < -0.3 is 9.30 Å². The number of ether oxygens (including phenoxy) is 1. The number of rotatable bonds is 6. The number of aromatic nitrogens is 2. The quantitative estimate of drug-likeness (QED) is 0.186. The average molecular weight is 482 g/mol. The van der Waals surface area contributed by atoms with Gasteiger partial charge in [0.2, 0.25) is 11.5 Å². The van der Waals surface area contributed by atoms with E-state index in [9.17, 15) is 9.18 Å². The normalized spacial score (nSPS) is 12.5. The van der Waals surface area contributed by atoms with Gasteiger partial charge in [-0.25, -0.2) is 9.37 Å². The van der Waals surface area contributed by atoms with Crippen LogP contribution in [0.4, 0.5) is 4.39 Å². The van der Waals surface area contributed by atoms with E-state index in [4.69, 9.17) is 4.74 Å². The molecule has 0 aliphatic carbocycles. The summed E-state index contributed by atoms with van der Waals surface area (Å²) in [6, 6.07) is 18.1. The Morgan fingerprint density at radius 3 is 2.61 bits per heavy atom. The highest BCUT2D eigenvalue weighted by atomic mass is 19.1. The number of aryl methyl sites for hydroxylation is 2. The van der Waals surface area contributed by atoms with E-state index in [-0.39, 0.29) is 11.4 Å². The molecule has 0 unspecified atom stereocenters. The van der Waals surface area contributed by atoms with Crippen LogP contribution in [-0.2, 0) is 18.4 Å². The van der Waals surface area contributed by atoms with Crippen LogP contribution in [0.2, 0.25) is 0 Å². The molecule has 0 radical (unpaired) electrons. The summed E-state index contributed by atoms with van der Waals surface area (Å²) in [5, 5.41) is 0.785. The van der Waals surface area contributed by atoms with E-state index in [1.54, 1.807) is 32.4 Å². The maximum absolute atomic E-state index is 14.3. The summed E-state index contributed by atoms with van der Waals surface area (Å²) >= 11 is 0. The molecule has 0 atom stereocenters. The molecule has 5 nitrogen and oxygen atoms in total. The van der Waals surface area contributed by atoms with Gasteiger partial charge in [0.15, 0.2) is 0 Å². The maximum Gasteiger partial charge on any atom is 0.250 e. The van der Waals surface area contributed by atoms with Crippen LogP contribution in [0.25, 0.3) is 27.7 Å². The number of hydrogen-bond acceptors (Lipinski definition) is 4. The fraction of sp³-hybridized carbons (Fsp3) is 0.167. The van der Waals surface area contributed by atoms with Crippen LogP contribution in [0, 0.1) is 12.7 Å². The van der Waals surface area contributed by atoms with E-state index in [1.165, 1.54) is 16.7 Å². The molecular weight excluding hydrogens is 453 g/mol. The van der Waals surface area contributed by atoms with Gasteiger partial charge >= 0.3 is 0 Å². The summed E-state index contributed by atoms with van der Waals surface area (Å²) < 4.78 is 21.9. The van der Waals surface area contributed by atoms with E-state index >= 15 is 0 Å². The van der Waals surface area contributed by atoms with Crippen LogP contribution >= 0.6 is 0 Å². The third kappa shape index (κ3) is 5.33. The highest BCUT2D eigenvalue weighted by Crippen LogP contribution is 2.27. The SMILES string of the molecule is C\C=C/C=C(\C(=N/C)OCc1ccc(-c2nc3c(F)cccc3cc2C)cc1)c1ccc(=O)n(C)c1. The van der Waals surface area contributed by atoms with Gasteiger partial charge in [0.25, 0.3) is 0 Å². The summed E-state index contributed by atoms with van der Waals surface area (Å²) in [4.78, 5) is 20.8. The lowest BCUT2D eigenvalue weighted by molar-refractivity contribution is 0.296. The summed E-state index contributed by atoms with van der Waals surface area (Å²) in [5.41, 5.74) is 5.49. The molecule has 4 rings (SSSR count). The van der Waals surface area contributed by atoms with Crippen LogP contribution in [0.15, 0.2) is 94.9 Å². The third-order valence-corrected chi connectivity index (χ3v) is 5.88. The Morgan fingerprint density at radius 2 is 1.92 bits per heavy atom. The second kappa shape index (κ2) is 11.0. The smallest absolute Gasteiger partial charge is 0.250 e. The molecule has 2 aromatic carbocycles. The Hall–Kier alpha value is -4.32. The lowest BCUT2D eigenvalue weighted by Crippen LogP contribution is -2.16. The van der Waals surface area contributed by atoms with Gasteiger partial charge in [-0.05, 0) is 49.2 Å². The fourth-order valence-electron chi connectivity index (χ4n) is 3.97. The minimum atomic E-state index is -0.328. The second-order valence-electron chi connectivity index (χ2n) is 8.45. The highest BCUT2D eigenvalue weighted by Gasteiger charge is 2.13. The fourth-order valence-corrected chi connectivity index (χ4v) is 3.97. The number of para-hydroxylation sites is 1. The van der Waals surface area contributed by atoms with Crippen molar-refractivity contribution in [3.05, 3.63) is 118 Å². The monoisotopic (exact) mass is 481 g/mol. The molecular formula is C30H28FN3O2. The number of pyridine rings is 2. The van der Waals surface area contributed by atoms with E-state index in [0.29, 0.717) is 18.0 Å². The molecule has 0 aliphatic heterocycles.